The smallest absolute Gasteiger partial charge is 0.126 e. The van der Waals surface area contributed by atoms with Crippen LogP contribution in [0, 0.1) is 0 Å². The molecule has 0 bridgehead atoms. The predicted octanol–water partition coefficient (Wildman–Crippen LogP) is 5.09. The maximum absolute atomic E-state index is 5.30. The van der Waals surface area contributed by atoms with Crippen molar-refractivity contribution in [1.82, 2.24) is 0 Å². The van der Waals surface area contributed by atoms with Gasteiger partial charge in [-0.15, -0.1) is 0 Å². The van der Waals surface area contributed by atoms with Gasteiger partial charge in [0.25, 0.3) is 0 Å². The van der Waals surface area contributed by atoms with E-state index in [0.29, 0.717) is 0 Å². The Morgan fingerprint density at radius 2 is 1.85 bits per heavy atom. The summed E-state index contributed by atoms with van der Waals surface area (Å²) in [6.07, 6.45) is 8.96. The summed E-state index contributed by atoms with van der Waals surface area (Å²) < 4.78 is 5.30. The summed E-state index contributed by atoms with van der Waals surface area (Å²) in [6.45, 7) is 0. The van der Waals surface area contributed by atoms with Crippen LogP contribution in [0.15, 0.2) is 71.4 Å². The minimum Gasteiger partial charge on any atom is -0.465 e. The Morgan fingerprint density at radius 1 is 0.950 bits per heavy atom. The van der Waals surface area contributed by atoms with Crippen LogP contribution >= 0.6 is 0 Å². The molecule has 1 heteroatoms. The van der Waals surface area contributed by atoms with Gasteiger partial charge >= 0.3 is 0 Å². The van der Waals surface area contributed by atoms with Crippen molar-refractivity contribution in [3.63, 3.8) is 0 Å². The van der Waals surface area contributed by atoms with Gasteiger partial charge in [0, 0.05) is 0 Å². The normalized spacial score (nSPS) is 15.7. The first-order valence-corrected chi connectivity index (χ1v) is 6.83. The van der Waals surface area contributed by atoms with Crippen molar-refractivity contribution in [1.29, 1.82) is 0 Å². The Hall–Kier alpha value is -2.54. The lowest BCUT2D eigenvalue weighted by molar-refractivity contribution is 0.557. The summed E-state index contributed by atoms with van der Waals surface area (Å²) >= 11 is 0. The van der Waals surface area contributed by atoms with E-state index in [4.69, 9.17) is 4.42 Å². The summed E-state index contributed by atoms with van der Waals surface area (Å²) in [5.41, 5.74) is 4.16. The second-order valence-electron chi connectivity index (χ2n) is 5.06. The first-order valence-electron chi connectivity index (χ1n) is 6.83. The Bertz CT molecular complexity index is 815. The van der Waals surface area contributed by atoms with Crippen molar-refractivity contribution in [3.05, 3.63) is 83.8 Å². The number of hydrogen-bond donors (Lipinski definition) is 0. The number of rotatable bonds is 2. The van der Waals surface area contributed by atoms with Gasteiger partial charge in [0.1, 0.15) is 5.76 Å². The van der Waals surface area contributed by atoms with Crippen molar-refractivity contribution in [3.8, 4) is 0 Å². The molecule has 1 aromatic heterocycles. The zero-order valence-electron chi connectivity index (χ0n) is 11.0. The number of benzene rings is 2. The highest BCUT2D eigenvalue weighted by atomic mass is 16.3. The molecule has 0 N–H and O–H groups in total. The lowest BCUT2D eigenvalue weighted by atomic mass is 10.0. The third-order valence-electron chi connectivity index (χ3n) is 3.82. The van der Waals surface area contributed by atoms with Crippen molar-refractivity contribution < 1.29 is 4.42 Å². The highest BCUT2D eigenvalue weighted by Gasteiger charge is 2.17. The van der Waals surface area contributed by atoms with Gasteiger partial charge < -0.3 is 4.42 Å². The zero-order chi connectivity index (χ0) is 13.4. The molecule has 0 saturated heterocycles. The summed E-state index contributed by atoms with van der Waals surface area (Å²) in [6, 6.07) is 16.9. The van der Waals surface area contributed by atoms with Gasteiger partial charge in [0.2, 0.25) is 0 Å². The highest BCUT2D eigenvalue weighted by molar-refractivity contribution is 6.01. The zero-order valence-corrected chi connectivity index (χ0v) is 11.0. The second-order valence-corrected chi connectivity index (χ2v) is 5.06. The molecule has 0 amide bonds. The number of hydrogen-bond acceptors (Lipinski definition) is 1. The fourth-order valence-electron chi connectivity index (χ4n) is 2.93. The van der Waals surface area contributed by atoms with E-state index in [1.54, 1.807) is 6.26 Å². The molecule has 1 nitrogen and oxygen atoms in total. The van der Waals surface area contributed by atoms with Crippen LogP contribution in [0.25, 0.3) is 22.4 Å². The average molecular weight is 258 g/mol. The van der Waals surface area contributed by atoms with Crippen molar-refractivity contribution in [2.45, 2.75) is 6.42 Å². The van der Waals surface area contributed by atoms with Crippen molar-refractivity contribution in [2.75, 3.05) is 0 Å². The molecule has 0 spiro atoms. The molecule has 1 heterocycles. The van der Waals surface area contributed by atoms with Crippen LogP contribution in [0.2, 0.25) is 0 Å². The Kier molecular flexibility index (Phi) is 2.56. The first kappa shape index (κ1) is 11.3. The van der Waals surface area contributed by atoms with E-state index in [0.717, 1.165) is 12.2 Å². The maximum atomic E-state index is 5.30. The molecule has 0 radical (unpaired) electrons. The predicted molar refractivity (Wildman–Crippen MR) is 83.4 cm³/mol. The fraction of sp³-hybridized carbons (Fsp3) is 0.0526. The largest absolute Gasteiger partial charge is 0.465 e. The molecule has 0 aliphatic heterocycles. The molecule has 0 unspecified atom stereocenters. The van der Waals surface area contributed by atoms with Crippen LogP contribution in [0.5, 0.6) is 0 Å². The van der Waals surface area contributed by atoms with E-state index >= 15 is 0 Å². The molecule has 1 aliphatic carbocycles. The molecule has 4 rings (SSSR count). The fourth-order valence-corrected chi connectivity index (χ4v) is 2.93. The quantitative estimate of drug-likeness (QED) is 0.624. The van der Waals surface area contributed by atoms with Crippen LogP contribution < -0.4 is 0 Å². The molecular formula is C19H14O. The average Bonchev–Trinajstić information content (AvgIpc) is 3.10. The van der Waals surface area contributed by atoms with Gasteiger partial charge in [0.05, 0.1) is 6.26 Å². The number of furan rings is 1. The van der Waals surface area contributed by atoms with Gasteiger partial charge in [-0.05, 0) is 52.1 Å². The van der Waals surface area contributed by atoms with E-state index in [1.807, 2.05) is 18.2 Å². The SMILES string of the molecule is C(/C=C/c1ccco1)=C1\Cc2cccc3cccc1c23. The van der Waals surface area contributed by atoms with Gasteiger partial charge in [-0.25, -0.2) is 0 Å². The summed E-state index contributed by atoms with van der Waals surface area (Å²) in [5.74, 6) is 0.885. The van der Waals surface area contributed by atoms with E-state index in [1.165, 1.54) is 27.5 Å². The summed E-state index contributed by atoms with van der Waals surface area (Å²) in [5, 5.41) is 2.74. The Labute approximate surface area is 117 Å². The molecule has 20 heavy (non-hydrogen) atoms. The van der Waals surface area contributed by atoms with Crippen LogP contribution in [-0.4, -0.2) is 0 Å². The van der Waals surface area contributed by atoms with Crippen LogP contribution in [-0.2, 0) is 6.42 Å². The van der Waals surface area contributed by atoms with E-state index < -0.39 is 0 Å². The topological polar surface area (TPSA) is 13.1 Å². The minimum absolute atomic E-state index is 0.885. The highest BCUT2D eigenvalue weighted by Crippen LogP contribution is 2.37. The molecule has 2 aromatic carbocycles. The molecule has 0 saturated carbocycles. The van der Waals surface area contributed by atoms with E-state index in [-0.39, 0.29) is 0 Å². The van der Waals surface area contributed by atoms with Gasteiger partial charge in [-0.1, -0.05) is 48.6 Å². The minimum atomic E-state index is 0.885. The Morgan fingerprint density at radius 3 is 2.70 bits per heavy atom. The monoisotopic (exact) mass is 258 g/mol. The second kappa shape index (κ2) is 4.53. The third kappa shape index (κ3) is 1.79. The van der Waals surface area contributed by atoms with Crippen LogP contribution in [0.1, 0.15) is 16.9 Å². The lowest BCUT2D eigenvalue weighted by Crippen LogP contribution is -1.77. The van der Waals surface area contributed by atoms with Crippen molar-refractivity contribution >= 4 is 22.4 Å². The van der Waals surface area contributed by atoms with Gasteiger partial charge in [-0.3, -0.25) is 0 Å². The van der Waals surface area contributed by atoms with E-state index in [2.05, 4.69) is 48.6 Å². The maximum Gasteiger partial charge on any atom is 0.126 e. The lowest BCUT2D eigenvalue weighted by Gasteiger charge is -2.00. The third-order valence-corrected chi connectivity index (χ3v) is 3.82. The number of allylic oxidation sites excluding steroid dienone is 3. The summed E-state index contributed by atoms with van der Waals surface area (Å²) in [7, 11) is 0. The molecule has 0 fully saturated rings. The Balaban J connectivity index is 1.75. The van der Waals surface area contributed by atoms with Crippen LogP contribution in [0.3, 0.4) is 0 Å². The molecule has 3 aromatic rings. The summed E-state index contributed by atoms with van der Waals surface area (Å²) in [4.78, 5) is 0. The van der Waals surface area contributed by atoms with E-state index in [9.17, 15) is 0 Å². The standard InChI is InChI=1S/C19H14O/c1-5-14-6-3-11-18-15(13-16(8-1)19(14)18)7-2-9-17-10-4-12-20-17/h1-12H,13H2/b9-2+,15-7-. The van der Waals surface area contributed by atoms with Crippen molar-refractivity contribution in [2.24, 2.45) is 0 Å². The van der Waals surface area contributed by atoms with Gasteiger partial charge in [0.15, 0.2) is 0 Å². The molecule has 1 aliphatic rings. The van der Waals surface area contributed by atoms with Crippen LogP contribution in [0.4, 0.5) is 0 Å². The molecule has 96 valence electrons. The molecular weight excluding hydrogens is 244 g/mol. The van der Waals surface area contributed by atoms with Gasteiger partial charge in [-0.2, -0.15) is 0 Å². The first-order chi connectivity index (χ1) is 9.92. The molecule has 0 atom stereocenters.